The van der Waals surface area contributed by atoms with Gasteiger partial charge in [0.15, 0.2) is 6.04 Å². The van der Waals surface area contributed by atoms with Gasteiger partial charge >= 0.3 is 6.03 Å². The Bertz CT molecular complexity index is 1260. The minimum absolute atomic E-state index is 0.0777. The molecule has 3 aliphatic heterocycles. The Kier molecular flexibility index (Phi) is 8.36. The fourth-order valence-corrected chi connectivity index (χ4v) is 4.98. The fraction of sp³-hybridized carbons (Fsp3) is 0.333. The average molecular weight is 520 g/mol. The largest absolute Gasteiger partial charge is 0.497 e. The van der Waals surface area contributed by atoms with E-state index in [4.69, 9.17) is 10.1 Å². The van der Waals surface area contributed by atoms with Crippen LogP contribution in [0.2, 0.25) is 0 Å². The molecule has 9 nitrogen and oxygen atoms in total. The average Bonchev–Trinajstić information content (AvgIpc) is 3.22. The van der Waals surface area contributed by atoms with Crippen molar-refractivity contribution in [2.75, 3.05) is 38.8 Å². The number of carbonyl (C=O) groups excluding carboxylic acids is 3. The molecule has 2 saturated heterocycles. The van der Waals surface area contributed by atoms with E-state index < -0.39 is 18.0 Å². The number of thioether (sulfide) groups is 1. The van der Waals surface area contributed by atoms with Crippen molar-refractivity contribution in [2.24, 2.45) is 0 Å². The van der Waals surface area contributed by atoms with E-state index >= 15 is 0 Å². The Labute approximate surface area is 220 Å². The number of imide groups is 1. The highest BCUT2D eigenvalue weighted by Gasteiger charge is 2.27. The first kappa shape index (κ1) is 26.1. The van der Waals surface area contributed by atoms with Crippen LogP contribution in [0, 0.1) is 17.3 Å². The summed E-state index contributed by atoms with van der Waals surface area (Å²) in [6.07, 6.45) is 1.10. The van der Waals surface area contributed by atoms with E-state index in [0.717, 1.165) is 59.0 Å². The normalized spacial score (nSPS) is 18.4. The van der Waals surface area contributed by atoms with E-state index in [1.165, 1.54) is 0 Å². The van der Waals surface area contributed by atoms with Crippen molar-refractivity contribution in [3.63, 3.8) is 0 Å². The lowest BCUT2D eigenvalue weighted by Gasteiger charge is -2.22. The Morgan fingerprint density at radius 1 is 1.11 bits per heavy atom. The van der Waals surface area contributed by atoms with Crippen molar-refractivity contribution < 1.29 is 19.1 Å². The molecule has 2 aromatic rings. The summed E-state index contributed by atoms with van der Waals surface area (Å²) < 4.78 is 5.05. The zero-order valence-corrected chi connectivity index (χ0v) is 21.6. The van der Waals surface area contributed by atoms with E-state index in [1.807, 2.05) is 48.2 Å². The van der Waals surface area contributed by atoms with Gasteiger partial charge in [-0.05, 0) is 42.0 Å². The number of ether oxygens (including phenoxy) is 1. The predicted molar refractivity (Wildman–Crippen MR) is 143 cm³/mol. The van der Waals surface area contributed by atoms with E-state index in [1.54, 1.807) is 25.1 Å². The third-order valence-electron chi connectivity index (χ3n) is 6.13. The van der Waals surface area contributed by atoms with Gasteiger partial charge in [-0.15, -0.1) is 0 Å². The third kappa shape index (κ3) is 6.43. The first-order valence-corrected chi connectivity index (χ1v) is 13.1. The smallest absolute Gasteiger partial charge is 0.322 e. The van der Waals surface area contributed by atoms with Crippen molar-refractivity contribution in [3.05, 3.63) is 64.7 Å². The van der Waals surface area contributed by atoms with E-state index in [9.17, 15) is 14.4 Å². The molecule has 0 aliphatic carbocycles. The number of nitrogens with one attached hydrogen (secondary N) is 3. The molecule has 5 rings (SSSR count). The zero-order valence-electron chi connectivity index (χ0n) is 20.8. The lowest BCUT2D eigenvalue weighted by atomic mass is 10.1. The van der Waals surface area contributed by atoms with Crippen LogP contribution < -0.4 is 15.4 Å². The summed E-state index contributed by atoms with van der Waals surface area (Å²) in [4.78, 5) is 37.8. The van der Waals surface area contributed by atoms with Gasteiger partial charge in [0.2, 0.25) is 0 Å². The van der Waals surface area contributed by atoms with E-state index in [2.05, 4.69) is 27.4 Å². The van der Waals surface area contributed by atoms with Gasteiger partial charge in [-0.2, -0.15) is 11.8 Å². The molecule has 3 aliphatic rings. The lowest BCUT2D eigenvalue weighted by molar-refractivity contribution is -0.119. The van der Waals surface area contributed by atoms with E-state index in [-0.39, 0.29) is 5.91 Å². The molecule has 4 amide bonds. The monoisotopic (exact) mass is 519 g/mol. The summed E-state index contributed by atoms with van der Waals surface area (Å²) in [7, 11) is 3.40. The molecule has 2 fully saturated rings. The number of fused-ring (bicyclic) bond motifs is 1. The molecule has 0 saturated carbocycles. The van der Waals surface area contributed by atoms with Crippen molar-refractivity contribution >= 4 is 35.4 Å². The molecule has 192 valence electrons. The molecule has 0 bridgehead atoms. The standard InChI is InChI=1S/C17H18N4O2S.C10H11NO2/c18-15(21-8-1-10-24-11-9-21)13-5-2-12(3-6-13)4-7-14-16(22)20-17(23)19-14;1-11-6-7-3-4-8(13-2)5-9(7)10(11)12/h2-3,5-6,14,18H,1,8-11H2,(H2,19,20,22,23);3-5H,6H2,1-2H3/t14-;/m0./s1. The topological polar surface area (TPSA) is 115 Å². The van der Waals surface area contributed by atoms with Crippen LogP contribution >= 0.6 is 11.8 Å². The Morgan fingerprint density at radius 2 is 1.89 bits per heavy atom. The highest BCUT2D eigenvalue weighted by molar-refractivity contribution is 7.99. The number of urea groups is 1. The van der Waals surface area contributed by atoms with Crippen molar-refractivity contribution in [1.82, 2.24) is 20.4 Å². The molecule has 37 heavy (non-hydrogen) atoms. The van der Waals surface area contributed by atoms with Crippen LogP contribution in [0.15, 0.2) is 42.5 Å². The summed E-state index contributed by atoms with van der Waals surface area (Å²) in [5.41, 5.74) is 3.45. The molecule has 1 atom stereocenters. The van der Waals surface area contributed by atoms with Crippen molar-refractivity contribution in [2.45, 2.75) is 19.0 Å². The van der Waals surface area contributed by atoms with Crippen LogP contribution in [0.5, 0.6) is 5.75 Å². The van der Waals surface area contributed by atoms with Crippen molar-refractivity contribution in [1.29, 1.82) is 5.41 Å². The number of hydrogen-bond donors (Lipinski definition) is 3. The SMILES string of the molecule is COc1ccc2c(c1)C(=O)N(C)C2.N=C(c1ccc(C#C[C@@H]2NC(=O)NC2=O)cc1)N1CCCSCC1. The zero-order chi connectivity index (χ0) is 26.4. The summed E-state index contributed by atoms with van der Waals surface area (Å²) in [5, 5.41) is 12.9. The number of carbonyl (C=O) groups is 3. The Morgan fingerprint density at radius 3 is 2.59 bits per heavy atom. The second-order valence-electron chi connectivity index (χ2n) is 8.73. The van der Waals surface area contributed by atoms with Crippen LogP contribution in [-0.2, 0) is 11.3 Å². The molecular weight excluding hydrogens is 490 g/mol. The third-order valence-corrected chi connectivity index (χ3v) is 7.18. The second kappa shape index (κ2) is 11.8. The first-order chi connectivity index (χ1) is 17.9. The number of benzene rings is 2. The number of amides is 4. The Balaban J connectivity index is 0.000000207. The van der Waals surface area contributed by atoms with Gasteiger partial charge in [-0.1, -0.05) is 30.0 Å². The fourth-order valence-electron chi connectivity index (χ4n) is 4.09. The van der Waals surface area contributed by atoms with Crippen LogP contribution in [-0.4, -0.2) is 78.3 Å². The summed E-state index contributed by atoms with van der Waals surface area (Å²) in [6.45, 7) is 2.53. The first-order valence-electron chi connectivity index (χ1n) is 11.9. The van der Waals surface area contributed by atoms with Crippen LogP contribution in [0.4, 0.5) is 4.79 Å². The maximum atomic E-state index is 11.5. The summed E-state index contributed by atoms with van der Waals surface area (Å²) >= 11 is 1.93. The molecule has 0 radical (unpaired) electrons. The van der Waals surface area contributed by atoms with Gasteiger partial charge < -0.3 is 19.9 Å². The van der Waals surface area contributed by atoms with Gasteiger partial charge in [0.1, 0.15) is 11.6 Å². The maximum absolute atomic E-state index is 11.5. The van der Waals surface area contributed by atoms with Gasteiger partial charge in [0, 0.05) is 49.1 Å². The van der Waals surface area contributed by atoms with Crippen LogP contribution in [0.3, 0.4) is 0 Å². The molecule has 0 unspecified atom stereocenters. The highest BCUT2D eigenvalue weighted by Crippen LogP contribution is 2.25. The molecular formula is C27H29N5O4S. The number of rotatable bonds is 2. The quantitative estimate of drug-likeness (QED) is 0.243. The van der Waals surface area contributed by atoms with Crippen LogP contribution in [0.1, 0.15) is 33.5 Å². The molecule has 3 heterocycles. The predicted octanol–water partition coefficient (Wildman–Crippen LogP) is 2.29. The highest BCUT2D eigenvalue weighted by atomic mass is 32.2. The number of hydrogen-bond acceptors (Lipinski definition) is 6. The minimum Gasteiger partial charge on any atom is -0.497 e. The van der Waals surface area contributed by atoms with Crippen molar-refractivity contribution in [3.8, 4) is 17.6 Å². The molecule has 10 heteroatoms. The summed E-state index contributed by atoms with van der Waals surface area (Å²) in [6, 6.07) is 11.7. The van der Waals surface area contributed by atoms with Crippen LogP contribution in [0.25, 0.3) is 0 Å². The van der Waals surface area contributed by atoms with Gasteiger partial charge in [0.05, 0.1) is 7.11 Å². The number of amidine groups is 1. The molecule has 2 aromatic carbocycles. The number of methoxy groups -OCH3 is 1. The molecule has 0 aromatic heterocycles. The van der Waals surface area contributed by atoms with Gasteiger partial charge in [-0.25, -0.2) is 4.79 Å². The summed E-state index contributed by atoms with van der Waals surface area (Å²) in [5.74, 6) is 8.76. The maximum Gasteiger partial charge on any atom is 0.322 e. The Hall–Kier alpha value is -3.97. The van der Waals surface area contributed by atoms with Gasteiger partial charge in [-0.3, -0.25) is 20.3 Å². The number of nitrogens with zero attached hydrogens (tertiary/aromatic N) is 2. The minimum atomic E-state index is -0.801. The molecule has 0 spiro atoms. The molecule has 3 N–H and O–H groups in total. The lowest BCUT2D eigenvalue weighted by Crippen LogP contribution is -2.32. The second-order valence-corrected chi connectivity index (χ2v) is 9.95. The van der Waals surface area contributed by atoms with E-state index in [0.29, 0.717) is 12.4 Å². The van der Waals surface area contributed by atoms with Gasteiger partial charge in [0.25, 0.3) is 11.8 Å².